The van der Waals surface area contributed by atoms with E-state index in [4.69, 9.17) is 9.47 Å². The monoisotopic (exact) mass is 344 g/mol. The van der Waals surface area contributed by atoms with Crippen LogP contribution in [-0.4, -0.2) is 18.7 Å². The molecule has 2 aliphatic rings. The van der Waals surface area contributed by atoms with Crippen molar-refractivity contribution in [2.45, 2.75) is 65.4 Å². The molecule has 1 aliphatic carbocycles. The third-order valence-corrected chi connectivity index (χ3v) is 5.84. The summed E-state index contributed by atoms with van der Waals surface area (Å²) in [6.45, 7) is 9.97. The Labute approximate surface area is 152 Å². The molecular weight excluding hydrogens is 312 g/mol. The van der Waals surface area contributed by atoms with Crippen LogP contribution in [0.15, 0.2) is 24.3 Å². The molecule has 4 unspecified atom stereocenters. The zero-order valence-electron chi connectivity index (χ0n) is 16.0. The Morgan fingerprint density at radius 2 is 1.88 bits per heavy atom. The van der Waals surface area contributed by atoms with Gasteiger partial charge in [-0.3, -0.25) is 4.79 Å². The second-order valence-electron chi connectivity index (χ2n) is 8.61. The van der Waals surface area contributed by atoms with E-state index in [0.29, 0.717) is 29.4 Å². The topological polar surface area (TPSA) is 35.5 Å². The zero-order valence-corrected chi connectivity index (χ0v) is 16.0. The first-order valence-corrected chi connectivity index (χ1v) is 9.87. The maximum atomic E-state index is 12.4. The number of hydrogen-bond acceptors (Lipinski definition) is 3. The minimum atomic E-state index is -0.0933. The van der Waals surface area contributed by atoms with Gasteiger partial charge in [0.25, 0.3) is 0 Å². The lowest BCUT2D eigenvalue weighted by molar-refractivity contribution is -0.162. The molecule has 1 aliphatic heterocycles. The Hall–Kier alpha value is -1.35. The maximum absolute atomic E-state index is 12.4. The third kappa shape index (κ3) is 4.44. The third-order valence-electron chi connectivity index (χ3n) is 5.84. The van der Waals surface area contributed by atoms with Crippen LogP contribution in [0.4, 0.5) is 0 Å². The highest BCUT2D eigenvalue weighted by Crippen LogP contribution is 2.38. The van der Waals surface area contributed by atoms with Crippen LogP contribution in [0.25, 0.3) is 0 Å². The molecule has 0 aromatic heterocycles. The van der Waals surface area contributed by atoms with Gasteiger partial charge in [0.2, 0.25) is 0 Å². The summed E-state index contributed by atoms with van der Waals surface area (Å²) in [6, 6.07) is 8.16. The molecule has 3 heteroatoms. The molecule has 1 aromatic rings. The molecule has 2 fully saturated rings. The van der Waals surface area contributed by atoms with Crippen molar-refractivity contribution in [3.8, 4) is 5.75 Å². The average Bonchev–Trinajstić information content (AvgIpc) is 2.54. The van der Waals surface area contributed by atoms with E-state index in [1.54, 1.807) is 0 Å². The molecule has 1 heterocycles. The van der Waals surface area contributed by atoms with E-state index in [-0.39, 0.29) is 18.0 Å². The molecular formula is C22H32O3. The second kappa shape index (κ2) is 7.90. The molecule has 0 amide bonds. The van der Waals surface area contributed by atoms with E-state index in [1.165, 1.54) is 12.0 Å². The number of carbonyl (C=O) groups is 1. The van der Waals surface area contributed by atoms with E-state index in [0.717, 1.165) is 25.9 Å². The van der Waals surface area contributed by atoms with Crippen molar-refractivity contribution in [2.24, 2.45) is 23.7 Å². The minimum Gasteiger partial charge on any atom is -0.426 e. The van der Waals surface area contributed by atoms with Gasteiger partial charge in [-0.25, -0.2) is 0 Å². The minimum absolute atomic E-state index is 0.00872. The molecule has 0 spiro atoms. The quantitative estimate of drug-likeness (QED) is 0.526. The van der Waals surface area contributed by atoms with Crippen molar-refractivity contribution in [2.75, 3.05) is 6.61 Å². The van der Waals surface area contributed by atoms with Crippen molar-refractivity contribution in [1.82, 2.24) is 0 Å². The summed E-state index contributed by atoms with van der Waals surface area (Å²) in [6.07, 6.45) is 4.32. The molecule has 0 radical (unpaired) electrons. The van der Waals surface area contributed by atoms with Crippen molar-refractivity contribution in [3.63, 3.8) is 0 Å². The molecule has 0 N–H and O–H groups in total. The highest BCUT2D eigenvalue weighted by molar-refractivity contribution is 5.75. The summed E-state index contributed by atoms with van der Waals surface area (Å²) in [4.78, 5) is 12.4. The van der Waals surface area contributed by atoms with Gasteiger partial charge in [0, 0.05) is 5.92 Å². The van der Waals surface area contributed by atoms with Crippen LogP contribution < -0.4 is 4.74 Å². The van der Waals surface area contributed by atoms with Crippen LogP contribution in [0.1, 0.15) is 64.9 Å². The number of ether oxygens (including phenoxy) is 2. The largest absolute Gasteiger partial charge is 0.426 e. The summed E-state index contributed by atoms with van der Waals surface area (Å²) in [5.74, 6) is 3.07. The number of esters is 1. The van der Waals surface area contributed by atoms with Gasteiger partial charge in [0.05, 0.1) is 18.6 Å². The van der Waals surface area contributed by atoms with Crippen LogP contribution in [0, 0.1) is 23.7 Å². The van der Waals surface area contributed by atoms with Gasteiger partial charge in [0.15, 0.2) is 0 Å². The highest BCUT2D eigenvalue weighted by Gasteiger charge is 2.40. The molecule has 3 rings (SSSR count). The lowest BCUT2D eigenvalue weighted by Gasteiger charge is -2.42. The standard InChI is InChI=1S/C22H32O3/c1-14(2)11-20(15(3)4)16-7-9-19(10-8-16)25-22(23)17-5-6-18-13-24-21(18)12-17/h7-10,14-15,17-18,20-21H,5-6,11-13H2,1-4H3. The van der Waals surface area contributed by atoms with E-state index in [9.17, 15) is 4.79 Å². The molecule has 1 saturated heterocycles. The Balaban J connectivity index is 1.59. The van der Waals surface area contributed by atoms with Gasteiger partial charge in [-0.2, -0.15) is 0 Å². The molecule has 1 saturated carbocycles. The van der Waals surface area contributed by atoms with Crippen LogP contribution in [-0.2, 0) is 9.53 Å². The Morgan fingerprint density at radius 3 is 2.40 bits per heavy atom. The van der Waals surface area contributed by atoms with Gasteiger partial charge in [-0.15, -0.1) is 0 Å². The molecule has 3 nitrogen and oxygen atoms in total. The zero-order chi connectivity index (χ0) is 18.0. The first kappa shape index (κ1) is 18.4. The summed E-state index contributed by atoms with van der Waals surface area (Å²) in [5, 5.41) is 0. The number of rotatable bonds is 6. The van der Waals surface area contributed by atoms with Crippen LogP contribution >= 0.6 is 0 Å². The van der Waals surface area contributed by atoms with Crippen molar-refractivity contribution in [3.05, 3.63) is 29.8 Å². The van der Waals surface area contributed by atoms with Gasteiger partial charge in [-0.1, -0.05) is 39.8 Å². The Bertz CT molecular complexity index is 575. The van der Waals surface area contributed by atoms with Gasteiger partial charge >= 0.3 is 5.97 Å². The predicted molar refractivity (Wildman–Crippen MR) is 99.7 cm³/mol. The second-order valence-corrected chi connectivity index (χ2v) is 8.61. The SMILES string of the molecule is CC(C)CC(c1ccc(OC(=O)C2CCC3COC3C2)cc1)C(C)C. The molecule has 0 bridgehead atoms. The predicted octanol–water partition coefficient (Wildman–Crippen LogP) is 5.19. The summed E-state index contributed by atoms with van der Waals surface area (Å²) >= 11 is 0. The first-order chi connectivity index (χ1) is 11.9. The number of fused-ring (bicyclic) bond motifs is 1. The fourth-order valence-electron chi connectivity index (χ4n) is 4.21. The lowest BCUT2D eigenvalue weighted by atomic mass is 9.77. The van der Waals surface area contributed by atoms with E-state index in [1.807, 2.05) is 12.1 Å². The Kier molecular flexibility index (Phi) is 5.83. The summed E-state index contributed by atoms with van der Waals surface area (Å²) in [5.41, 5.74) is 1.34. The van der Waals surface area contributed by atoms with Gasteiger partial charge in [0.1, 0.15) is 5.75 Å². The fraction of sp³-hybridized carbons (Fsp3) is 0.682. The average molecular weight is 344 g/mol. The van der Waals surface area contributed by atoms with Crippen LogP contribution in [0.5, 0.6) is 5.75 Å². The lowest BCUT2D eigenvalue weighted by Crippen LogP contribution is -2.46. The van der Waals surface area contributed by atoms with Crippen LogP contribution in [0.3, 0.4) is 0 Å². The maximum Gasteiger partial charge on any atom is 0.314 e. The molecule has 4 atom stereocenters. The smallest absolute Gasteiger partial charge is 0.314 e. The van der Waals surface area contributed by atoms with Gasteiger partial charge < -0.3 is 9.47 Å². The van der Waals surface area contributed by atoms with E-state index < -0.39 is 0 Å². The van der Waals surface area contributed by atoms with Gasteiger partial charge in [-0.05, 0) is 61.1 Å². The summed E-state index contributed by atoms with van der Waals surface area (Å²) < 4.78 is 11.2. The van der Waals surface area contributed by atoms with Crippen LogP contribution in [0.2, 0.25) is 0 Å². The fourth-order valence-corrected chi connectivity index (χ4v) is 4.21. The highest BCUT2D eigenvalue weighted by atomic mass is 16.5. The number of carbonyl (C=O) groups excluding carboxylic acids is 1. The van der Waals surface area contributed by atoms with E-state index >= 15 is 0 Å². The van der Waals surface area contributed by atoms with E-state index in [2.05, 4.69) is 39.8 Å². The van der Waals surface area contributed by atoms with Crippen molar-refractivity contribution < 1.29 is 14.3 Å². The normalized spacial score (nSPS) is 26.9. The summed E-state index contributed by atoms with van der Waals surface area (Å²) in [7, 11) is 0. The molecule has 25 heavy (non-hydrogen) atoms. The first-order valence-electron chi connectivity index (χ1n) is 9.87. The number of benzene rings is 1. The van der Waals surface area contributed by atoms with Crippen molar-refractivity contribution in [1.29, 1.82) is 0 Å². The van der Waals surface area contributed by atoms with Crippen molar-refractivity contribution >= 4 is 5.97 Å². The Morgan fingerprint density at radius 1 is 1.16 bits per heavy atom. The molecule has 138 valence electrons. The molecule has 1 aromatic carbocycles. The number of hydrogen-bond donors (Lipinski definition) is 0.